The van der Waals surface area contributed by atoms with E-state index in [2.05, 4.69) is 47.4 Å². The number of benzene rings is 1. The van der Waals surface area contributed by atoms with E-state index < -0.39 is 0 Å². The van der Waals surface area contributed by atoms with Gasteiger partial charge in [0, 0.05) is 24.7 Å². The Morgan fingerprint density at radius 2 is 1.90 bits per heavy atom. The number of ether oxygens (including phenoxy) is 2. The van der Waals surface area contributed by atoms with Gasteiger partial charge in [-0.2, -0.15) is 0 Å². The van der Waals surface area contributed by atoms with Crippen molar-refractivity contribution in [3.8, 4) is 0 Å². The molecule has 0 radical (unpaired) electrons. The summed E-state index contributed by atoms with van der Waals surface area (Å²) in [7, 11) is 0. The molecule has 0 spiro atoms. The molecule has 3 heterocycles. The third-order valence-corrected chi connectivity index (χ3v) is 4.99. The topological polar surface area (TPSA) is 21.7 Å². The minimum absolute atomic E-state index is 0.364. The Balaban J connectivity index is 1.59. The van der Waals surface area contributed by atoms with Gasteiger partial charge in [0.1, 0.15) is 0 Å². The van der Waals surface area contributed by atoms with Crippen LogP contribution in [0.5, 0.6) is 0 Å². The molecule has 5 rings (SSSR count). The number of allylic oxidation sites excluding steroid dienone is 2. The maximum atomic E-state index is 5.58. The highest BCUT2D eigenvalue weighted by molar-refractivity contribution is 5.60. The van der Waals surface area contributed by atoms with Crippen LogP contribution >= 0.6 is 0 Å². The van der Waals surface area contributed by atoms with E-state index in [0.717, 1.165) is 24.6 Å². The fourth-order valence-corrected chi connectivity index (χ4v) is 3.90. The summed E-state index contributed by atoms with van der Waals surface area (Å²) in [6.07, 6.45) is 8.08. The molecule has 1 aliphatic carbocycles. The second-order valence-electron chi connectivity index (χ2n) is 6.14. The fraction of sp³-hybridized carbons (Fsp3) is 0.333. The number of hydrogen-bond donors (Lipinski definition) is 0. The first-order chi connectivity index (χ1) is 10.4. The Hall–Kier alpha value is -2.16. The van der Waals surface area contributed by atoms with Crippen LogP contribution in [0.2, 0.25) is 0 Å². The molecule has 1 aromatic carbocycles. The Morgan fingerprint density at radius 1 is 1.05 bits per heavy atom. The number of piperidine rings is 1. The highest BCUT2D eigenvalue weighted by atomic mass is 16.7. The molecular weight excluding hydrogens is 262 g/mol. The zero-order chi connectivity index (χ0) is 13.8. The lowest BCUT2D eigenvalue weighted by Gasteiger charge is -2.43. The Labute approximate surface area is 124 Å². The van der Waals surface area contributed by atoms with Crippen LogP contribution < -0.4 is 0 Å². The number of hydrogen-bond acceptors (Lipinski definition) is 3. The maximum absolute atomic E-state index is 5.58. The molecular formula is C18H17NO2. The smallest absolute Gasteiger partial charge is 0.231 e. The maximum Gasteiger partial charge on any atom is 0.231 e. The normalized spacial score (nSPS) is 28.8. The standard InChI is InChI=1S/C18H17NO2/c1-2-4-14-10-19-6-5-13-8-17-18(21-11-20-17)9-15(13)16(19)7-12(14)3-1/h1-4,7-9,13,15H,5-6,10-11H2. The summed E-state index contributed by atoms with van der Waals surface area (Å²) in [5.74, 6) is 2.84. The van der Waals surface area contributed by atoms with Gasteiger partial charge in [0.15, 0.2) is 11.5 Å². The van der Waals surface area contributed by atoms with E-state index in [1.165, 1.54) is 23.2 Å². The summed E-state index contributed by atoms with van der Waals surface area (Å²) in [4.78, 5) is 2.52. The van der Waals surface area contributed by atoms with Gasteiger partial charge in [0.25, 0.3) is 0 Å². The molecule has 2 saturated heterocycles. The molecule has 3 heteroatoms. The lowest BCUT2D eigenvalue weighted by atomic mass is 9.77. The average molecular weight is 279 g/mol. The highest BCUT2D eigenvalue weighted by Gasteiger charge is 2.38. The summed E-state index contributed by atoms with van der Waals surface area (Å²) in [6, 6.07) is 8.71. The monoisotopic (exact) mass is 279 g/mol. The average Bonchev–Trinajstić information content (AvgIpc) is 2.98. The van der Waals surface area contributed by atoms with Gasteiger partial charge in [-0.3, -0.25) is 0 Å². The molecule has 2 atom stereocenters. The van der Waals surface area contributed by atoms with Crippen LogP contribution in [0.4, 0.5) is 0 Å². The molecule has 0 aromatic heterocycles. The molecule has 0 amide bonds. The molecule has 3 nitrogen and oxygen atoms in total. The van der Waals surface area contributed by atoms with Crippen LogP contribution in [-0.2, 0) is 16.0 Å². The van der Waals surface area contributed by atoms with E-state index in [0.29, 0.717) is 18.6 Å². The van der Waals surface area contributed by atoms with E-state index in [1.54, 1.807) is 0 Å². The van der Waals surface area contributed by atoms with Gasteiger partial charge in [-0.15, -0.1) is 0 Å². The summed E-state index contributed by atoms with van der Waals surface area (Å²) >= 11 is 0. The van der Waals surface area contributed by atoms with Gasteiger partial charge in [0.05, 0.1) is 0 Å². The Bertz CT molecular complexity index is 701. The minimum Gasteiger partial charge on any atom is -0.454 e. The number of rotatable bonds is 0. The number of fused-ring (bicyclic) bond motifs is 5. The molecule has 1 aromatic rings. The lowest BCUT2D eigenvalue weighted by molar-refractivity contribution is 0.0976. The molecule has 4 aliphatic rings. The van der Waals surface area contributed by atoms with Crippen molar-refractivity contribution in [2.24, 2.45) is 11.8 Å². The van der Waals surface area contributed by atoms with Gasteiger partial charge >= 0.3 is 0 Å². The first-order valence-corrected chi connectivity index (χ1v) is 7.62. The van der Waals surface area contributed by atoms with Crippen LogP contribution in [0.3, 0.4) is 0 Å². The highest BCUT2D eigenvalue weighted by Crippen LogP contribution is 2.44. The molecule has 106 valence electrons. The third-order valence-electron chi connectivity index (χ3n) is 4.99. The molecule has 3 aliphatic heterocycles. The van der Waals surface area contributed by atoms with E-state index in [4.69, 9.17) is 9.47 Å². The Kier molecular flexibility index (Phi) is 2.28. The lowest BCUT2D eigenvalue weighted by Crippen LogP contribution is -2.39. The van der Waals surface area contributed by atoms with Crippen molar-refractivity contribution in [3.05, 3.63) is 64.8 Å². The molecule has 2 fully saturated rings. The van der Waals surface area contributed by atoms with Crippen molar-refractivity contribution >= 4 is 6.08 Å². The SMILES string of the molecule is C1=C2OCOC2=CC2C3=Cc4ccccc4CN3CCC12. The second-order valence-corrected chi connectivity index (χ2v) is 6.14. The third kappa shape index (κ3) is 1.67. The van der Waals surface area contributed by atoms with Crippen LogP contribution in [0.15, 0.2) is 53.6 Å². The summed E-state index contributed by atoms with van der Waals surface area (Å²) in [5, 5.41) is 0. The largest absolute Gasteiger partial charge is 0.454 e. The van der Waals surface area contributed by atoms with Crippen molar-refractivity contribution in [3.63, 3.8) is 0 Å². The van der Waals surface area contributed by atoms with E-state index in [-0.39, 0.29) is 0 Å². The first-order valence-electron chi connectivity index (χ1n) is 7.62. The van der Waals surface area contributed by atoms with Crippen LogP contribution in [0.25, 0.3) is 6.08 Å². The molecule has 0 N–H and O–H groups in total. The fourth-order valence-electron chi connectivity index (χ4n) is 3.90. The van der Waals surface area contributed by atoms with Gasteiger partial charge in [-0.25, -0.2) is 0 Å². The summed E-state index contributed by atoms with van der Waals surface area (Å²) in [5.41, 5.74) is 4.23. The van der Waals surface area contributed by atoms with Gasteiger partial charge in [0.2, 0.25) is 6.79 Å². The van der Waals surface area contributed by atoms with E-state index >= 15 is 0 Å². The van der Waals surface area contributed by atoms with E-state index in [9.17, 15) is 0 Å². The van der Waals surface area contributed by atoms with Crippen molar-refractivity contribution < 1.29 is 9.47 Å². The van der Waals surface area contributed by atoms with Gasteiger partial charge in [-0.1, -0.05) is 24.3 Å². The predicted molar refractivity (Wildman–Crippen MR) is 79.6 cm³/mol. The van der Waals surface area contributed by atoms with Crippen molar-refractivity contribution in [2.75, 3.05) is 13.3 Å². The van der Waals surface area contributed by atoms with Gasteiger partial charge in [-0.05, 0) is 41.7 Å². The zero-order valence-corrected chi connectivity index (χ0v) is 11.8. The van der Waals surface area contributed by atoms with Crippen molar-refractivity contribution in [1.29, 1.82) is 0 Å². The molecule has 2 unspecified atom stereocenters. The second kappa shape index (κ2) is 4.17. The minimum atomic E-state index is 0.364. The van der Waals surface area contributed by atoms with Crippen LogP contribution in [0.1, 0.15) is 17.5 Å². The summed E-state index contributed by atoms with van der Waals surface area (Å²) in [6.45, 7) is 2.51. The molecule has 0 saturated carbocycles. The Morgan fingerprint density at radius 3 is 2.86 bits per heavy atom. The van der Waals surface area contributed by atoms with E-state index in [1.807, 2.05) is 0 Å². The van der Waals surface area contributed by atoms with Gasteiger partial charge < -0.3 is 14.4 Å². The van der Waals surface area contributed by atoms with Crippen molar-refractivity contribution in [1.82, 2.24) is 4.90 Å². The van der Waals surface area contributed by atoms with Crippen molar-refractivity contribution in [2.45, 2.75) is 13.0 Å². The quantitative estimate of drug-likeness (QED) is 0.727. The number of nitrogens with zero attached hydrogens (tertiary/aromatic N) is 1. The first kappa shape index (κ1) is 11.5. The molecule has 0 bridgehead atoms. The zero-order valence-electron chi connectivity index (χ0n) is 11.8. The van der Waals surface area contributed by atoms with Crippen LogP contribution in [0, 0.1) is 11.8 Å². The predicted octanol–water partition coefficient (Wildman–Crippen LogP) is 3.26. The van der Waals surface area contributed by atoms with Crippen LogP contribution in [-0.4, -0.2) is 18.2 Å². The molecule has 21 heavy (non-hydrogen) atoms. The summed E-state index contributed by atoms with van der Waals surface area (Å²) < 4.78 is 11.1.